The third kappa shape index (κ3) is 3.55. The number of rotatable bonds is 4. The van der Waals surface area contributed by atoms with E-state index >= 15 is 0 Å². The average Bonchev–Trinajstić information content (AvgIpc) is 2.96. The van der Waals surface area contributed by atoms with Crippen LogP contribution in [0.5, 0.6) is 0 Å². The highest BCUT2D eigenvalue weighted by molar-refractivity contribution is 5.28. The third-order valence-electron chi connectivity index (χ3n) is 3.83. The first-order valence-electron chi connectivity index (χ1n) is 7.41. The Balaban J connectivity index is 1.56. The maximum atomic E-state index is 4.34. The highest BCUT2D eigenvalue weighted by atomic mass is 15.3. The van der Waals surface area contributed by atoms with E-state index in [9.17, 15) is 0 Å². The van der Waals surface area contributed by atoms with Crippen molar-refractivity contribution < 1.29 is 0 Å². The molecule has 7 heteroatoms. The molecule has 2 aromatic heterocycles. The van der Waals surface area contributed by atoms with E-state index in [-0.39, 0.29) is 0 Å². The van der Waals surface area contributed by atoms with E-state index in [2.05, 4.69) is 36.8 Å². The van der Waals surface area contributed by atoms with Crippen LogP contribution in [0.25, 0.3) is 0 Å². The molecule has 1 aliphatic rings. The summed E-state index contributed by atoms with van der Waals surface area (Å²) >= 11 is 0. The van der Waals surface area contributed by atoms with Crippen molar-refractivity contribution in [3.05, 3.63) is 31.1 Å². The van der Waals surface area contributed by atoms with Crippen molar-refractivity contribution in [2.45, 2.75) is 19.4 Å². The van der Waals surface area contributed by atoms with Gasteiger partial charge in [-0.15, -0.1) is 0 Å². The zero-order valence-corrected chi connectivity index (χ0v) is 12.3. The molecule has 0 radical (unpaired) electrons. The van der Waals surface area contributed by atoms with E-state index < -0.39 is 0 Å². The molecule has 112 valence electrons. The van der Waals surface area contributed by atoms with Gasteiger partial charge in [0.25, 0.3) is 0 Å². The van der Waals surface area contributed by atoms with E-state index in [1.54, 1.807) is 25.0 Å². The molecule has 0 aromatic carbocycles. The monoisotopic (exact) mass is 287 g/mol. The molecule has 1 aliphatic heterocycles. The molecule has 0 amide bonds. The first-order valence-corrected chi connectivity index (χ1v) is 7.41. The second-order valence-corrected chi connectivity index (χ2v) is 5.41. The summed E-state index contributed by atoms with van der Waals surface area (Å²) in [5.41, 5.74) is 0. The van der Waals surface area contributed by atoms with Gasteiger partial charge >= 0.3 is 0 Å². The molecule has 2 aromatic rings. The zero-order chi connectivity index (χ0) is 14.5. The quantitative estimate of drug-likeness (QED) is 0.830. The van der Waals surface area contributed by atoms with Gasteiger partial charge in [-0.2, -0.15) is 5.10 Å². The second kappa shape index (κ2) is 6.62. The van der Waals surface area contributed by atoms with Gasteiger partial charge in [-0.3, -0.25) is 4.90 Å². The molecule has 3 rings (SSSR count). The van der Waals surface area contributed by atoms with Gasteiger partial charge in [0.1, 0.15) is 12.7 Å². The van der Waals surface area contributed by atoms with Crippen LogP contribution in [0.1, 0.15) is 19.4 Å². The SMILES string of the molecule is CC(CN1CCCN(c2ncccn2)CC1)n1cncn1. The molecule has 0 aliphatic carbocycles. The second-order valence-electron chi connectivity index (χ2n) is 5.41. The summed E-state index contributed by atoms with van der Waals surface area (Å²) in [5.74, 6) is 0.837. The Morgan fingerprint density at radius 3 is 2.76 bits per heavy atom. The van der Waals surface area contributed by atoms with Crippen LogP contribution in [0.2, 0.25) is 0 Å². The maximum absolute atomic E-state index is 4.34. The van der Waals surface area contributed by atoms with Crippen molar-refractivity contribution in [2.75, 3.05) is 37.6 Å². The van der Waals surface area contributed by atoms with Gasteiger partial charge in [-0.05, 0) is 26.0 Å². The summed E-state index contributed by atoms with van der Waals surface area (Å²) in [6.45, 7) is 7.27. The standard InChI is InChI=1S/C14H21N7/c1-13(21-12-15-11-18-21)10-19-6-3-7-20(9-8-19)14-16-4-2-5-17-14/h2,4-5,11-13H,3,6-10H2,1H3. The van der Waals surface area contributed by atoms with Gasteiger partial charge in [0, 0.05) is 38.6 Å². The van der Waals surface area contributed by atoms with Crippen LogP contribution in [0.3, 0.4) is 0 Å². The lowest BCUT2D eigenvalue weighted by Crippen LogP contribution is -2.34. The molecule has 0 bridgehead atoms. The van der Waals surface area contributed by atoms with E-state index in [0.29, 0.717) is 6.04 Å². The summed E-state index contributed by atoms with van der Waals surface area (Å²) < 4.78 is 1.92. The minimum atomic E-state index is 0.340. The summed E-state index contributed by atoms with van der Waals surface area (Å²) in [6.07, 6.45) is 8.11. The predicted molar refractivity (Wildman–Crippen MR) is 80.0 cm³/mol. The Morgan fingerprint density at radius 2 is 2.00 bits per heavy atom. The van der Waals surface area contributed by atoms with E-state index in [1.165, 1.54) is 0 Å². The van der Waals surface area contributed by atoms with E-state index in [4.69, 9.17) is 0 Å². The normalized spacial score (nSPS) is 18.4. The first kappa shape index (κ1) is 13.9. The average molecular weight is 287 g/mol. The molecule has 1 fully saturated rings. The molecule has 1 atom stereocenters. The lowest BCUT2D eigenvalue weighted by molar-refractivity contribution is 0.245. The Morgan fingerprint density at radius 1 is 1.14 bits per heavy atom. The fourth-order valence-corrected chi connectivity index (χ4v) is 2.71. The van der Waals surface area contributed by atoms with Crippen molar-refractivity contribution in [1.82, 2.24) is 29.6 Å². The van der Waals surface area contributed by atoms with E-state index in [0.717, 1.165) is 45.1 Å². The molecule has 1 saturated heterocycles. The zero-order valence-electron chi connectivity index (χ0n) is 12.3. The van der Waals surface area contributed by atoms with E-state index in [1.807, 2.05) is 10.7 Å². The van der Waals surface area contributed by atoms with Crippen molar-refractivity contribution in [3.63, 3.8) is 0 Å². The molecule has 7 nitrogen and oxygen atoms in total. The molecular formula is C14H21N7. The largest absolute Gasteiger partial charge is 0.339 e. The molecule has 1 unspecified atom stereocenters. The minimum absolute atomic E-state index is 0.340. The van der Waals surface area contributed by atoms with Crippen molar-refractivity contribution in [2.24, 2.45) is 0 Å². The van der Waals surface area contributed by atoms with Gasteiger partial charge < -0.3 is 4.90 Å². The Bertz CT molecular complexity index is 528. The Labute approximate surface area is 124 Å². The van der Waals surface area contributed by atoms with Crippen molar-refractivity contribution in [1.29, 1.82) is 0 Å². The van der Waals surface area contributed by atoms with Crippen LogP contribution in [0.15, 0.2) is 31.1 Å². The molecule has 0 spiro atoms. The lowest BCUT2D eigenvalue weighted by Gasteiger charge is -2.24. The third-order valence-corrected chi connectivity index (χ3v) is 3.83. The smallest absolute Gasteiger partial charge is 0.225 e. The number of aromatic nitrogens is 5. The summed E-state index contributed by atoms with van der Waals surface area (Å²) in [4.78, 5) is 17.4. The van der Waals surface area contributed by atoms with Crippen LogP contribution in [-0.4, -0.2) is 62.4 Å². The van der Waals surface area contributed by atoms with Crippen LogP contribution in [-0.2, 0) is 0 Å². The number of hydrogen-bond donors (Lipinski definition) is 0. The van der Waals surface area contributed by atoms with Gasteiger partial charge in [0.2, 0.25) is 5.95 Å². The van der Waals surface area contributed by atoms with Gasteiger partial charge in [-0.1, -0.05) is 0 Å². The minimum Gasteiger partial charge on any atom is -0.339 e. The van der Waals surface area contributed by atoms with Crippen LogP contribution >= 0.6 is 0 Å². The first-order chi connectivity index (χ1) is 10.3. The summed E-state index contributed by atoms with van der Waals surface area (Å²) in [5, 5.41) is 4.22. The number of nitrogens with zero attached hydrogens (tertiary/aromatic N) is 7. The Hall–Kier alpha value is -2.02. The summed E-state index contributed by atoms with van der Waals surface area (Å²) in [6, 6.07) is 2.19. The van der Waals surface area contributed by atoms with Crippen LogP contribution in [0, 0.1) is 0 Å². The van der Waals surface area contributed by atoms with Crippen LogP contribution < -0.4 is 4.90 Å². The highest BCUT2D eigenvalue weighted by Crippen LogP contribution is 2.12. The van der Waals surface area contributed by atoms with Crippen molar-refractivity contribution in [3.8, 4) is 0 Å². The maximum Gasteiger partial charge on any atom is 0.225 e. The van der Waals surface area contributed by atoms with Crippen molar-refractivity contribution >= 4 is 5.95 Å². The molecule has 21 heavy (non-hydrogen) atoms. The summed E-state index contributed by atoms with van der Waals surface area (Å²) in [7, 11) is 0. The number of anilines is 1. The van der Waals surface area contributed by atoms with Gasteiger partial charge in [0.05, 0.1) is 6.04 Å². The predicted octanol–water partition coefficient (Wildman–Crippen LogP) is 0.841. The fraction of sp³-hybridized carbons (Fsp3) is 0.571. The molecule has 3 heterocycles. The van der Waals surface area contributed by atoms with Crippen LogP contribution in [0.4, 0.5) is 5.95 Å². The topological polar surface area (TPSA) is 63.0 Å². The molecular weight excluding hydrogens is 266 g/mol. The van der Waals surface area contributed by atoms with Gasteiger partial charge in [-0.25, -0.2) is 19.6 Å². The highest BCUT2D eigenvalue weighted by Gasteiger charge is 2.18. The molecule has 0 N–H and O–H groups in total. The fourth-order valence-electron chi connectivity index (χ4n) is 2.71. The number of hydrogen-bond acceptors (Lipinski definition) is 6. The lowest BCUT2D eigenvalue weighted by atomic mass is 10.3. The van der Waals surface area contributed by atoms with Gasteiger partial charge in [0.15, 0.2) is 0 Å². The Kier molecular flexibility index (Phi) is 4.40. The molecule has 0 saturated carbocycles.